The van der Waals surface area contributed by atoms with Crippen LogP contribution in [0.2, 0.25) is 0 Å². The van der Waals surface area contributed by atoms with Gasteiger partial charge in [0, 0.05) is 18.9 Å². The summed E-state index contributed by atoms with van der Waals surface area (Å²) >= 11 is 0. The van der Waals surface area contributed by atoms with Crippen molar-refractivity contribution in [2.45, 2.75) is 78.2 Å². The third-order valence-electron chi connectivity index (χ3n) is 6.28. The molecule has 0 aromatic heterocycles. The van der Waals surface area contributed by atoms with Gasteiger partial charge in [-0.2, -0.15) is 0 Å². The number of nitrogens with one attached hydrogen (secondary N) is 1. The van der Waals surface area contributed by atoms with Gasteiger partial charge in [0.15, 0.2) is 0 Å². The summed E-state index contributed by atoms with van der Waals surface area (Å²) in [6.45, 7) is 6.79. The van der Waals surface area contributed by atoms with E-state index in [0.29, 0.717) is 36.1 Å². The van der Waals surface area contributed by atoms with E-state index in [2.05, 4.69) is 31.3 Å². The summed E-state index contributed by atoms with van der Waals surface area (Å²) in [7, 11) is 0. The van der Waals surface area contributed by atoms with E-state index in [9.17, 15) is 9.59 Å². The molecule has 3 fully saturated rings. The van der Waals surface area contributed by atoms with E-state index in [1.54, 1.807) is 0 Å². The standard InChI is InChI=1S/C20H33NO3/c1-4-9-18(22)21-17-13-14-12-16(20(14,2)3)15(17)10-7-5-6-8-11-19(23)24/h5,7,14-17H,4,6,8-13H2,1-3H3,(H,21,22)(H,23,24)/b7-5-/t14-,15+,16+,17+/m0/s1. The summed E-state index contributed by atoms with van der Waals surface area (Å²) in [6.07, 6.45) is 11.0. The highest BCUT2D eigenvalue weighted by molar-refractivity contribution is 5.76. The second-order valence-corrected chi connectivity index (χ2v) is 8.18. The first-order chi connectivity index (χ1) is 11.4. The van der Waals surface area contributed by atoms with E-state index in [0.717, 1.165) is 31.6 Å². The molecule has 3 rings (SSSR count). The molecule has 0 aromatic rings. The summed E-state index contributed by atoms with van der Waals surface area (Å²) in [5.74, 6) is 1.41. The van der Waals surface area contributed by atoms with Crippen molar-refractivity contribution in [2.75, 3.05) is 0 Å². The van der Waals surface area contributed by atoms with Gasteiger partial charge in [0.2, 0.25) is 5.91 Å². The van der Waals surface area contributed by atoms with Gasteiger partial charge in [-0.3, -0.25) is 9.59 Å². The van der Waals surface area contributed by atoms with Crippen LogP contribution in [0.15, 0.2) is 12.2 Å². The minimum Gasteiger partial charge on any atom is -0.481 e. The van der Waals surface area contributed by atoms with Gasteiger partial charge >= 0.3 is 5.97 Å². The van der Waals surface area contributed by atoms with Gasteiger partial charge in [-0.05, 0) is 61.7 Å². The van der Waals surface area contributed by atoms with Crippen LogP contribution in [0.3, 0.4) is 0 Å². The molecule has 0 heterocycles. The molecule has 3 aliphatic rings. The van der Waals surface area contributed by atoms with E-state index in [4.69, 9.17) is 5.11 Å². The van der Waals surface area contributed by atoms with Crippen LogP contribution >= 0.6 is 0 Å². The zero-order chi connectivity index (χ0) is 17.7. The lowest BCUT2D eigenvalue weighted by molar-refractivity contribution is -0.137. The molecule has 3 aliphatic carbocycles. The first-order valence-electron chi connectivity index (χ1n) is 9.52. The number of aliphatic carboxylic acids is 1. The second-order valence-electron chi connectivity index (χ2n) is 8.18. The molecule has 3 saturated carbocycles. The van der Waals surface area contributed by atoms with Gasteiger partial charge in [-0.15, -0.1) is 0 Å². The second kappa shape index (κ2) is 8.17. The molecule has 0 aliphatic heterocycles. The molecule has 0 spiro atoms. The van der Waals surface area contributed by atoms with E-state index in [1.807, 2.05) is 6.92 Å². The number of carboxylic acid groups (broad SMARTS) is 1. The Morgan fingerprint density at radius 2 is 1.96 bits per heavy atom. The van der Waals surface area contributed by atoms with Gasteiger partial charge in [0.1, 0.15) is 0 Å². The molecule has 2 bridgehead atoms. The van der Waals surface area contributed by atoms with Gasteiger partial charge in [0.05, 0.1) is 0 Å². The average Bonchev–Trinajstić information content (AvgIpc) is 2.51. The summed E-state index contributed by atoms with van der Waals surface area (Å²) in [5, 5.41) is 12.0. The lowest BCUT2D eigenvalue weighted by Crippen LogP contribution is -2.61. The van der Waals surface area contributed by atoms with E-state index < -0.39 is 5.97 Å². The van der Waals surface area contributed by atoms with Gasteiger partial charge in [-0.1, -0.05) is 32.9 Å². The lowest BCUT2D eigenvalue weighted by Gasteiger charge is -2.62. The molecule has 2 N–H and O–H groups in total. The normalized spacial score (nSPS) is 30.8. The SMILES string of the molecule is CCCC(=O)N[C@@H]1C[C@@H]2C[C@H]([C@H]1C/C=C\CCCC(=O)O)C2(C)C. The fourth-order valence-corrected chi connectivity index (χ4v) is 4.69. The molecule has 1 amide bonds. The molecule has 4 nitrogen and oxygen atoms in total. The van der Waals surface area contributed by atoms with Crippen molar-refractivity contribution in [3.05, 3.63) is 12.2 Å². The summed E-state index contributed by atoms with van der Waals surface area (Å²) < 4.78 is 0. The monoisotopic (exact) mass is 335 g/mol. The Morgan fingerprint density at radius 1 is 1.21 bits per heavy atom. The van der Waals surface area contributed by atoms with Crippen LogP contribution in [0.1, 0.15) is 72.1 Å². The molecule has 0 saturated heterocycles. The molecular weight excluding hydrogens is 302 g/mol. The zero-order valence-electron chi connectivity index (χ0n) is 15.4. The Bertz CT molecular complexity index is 483. The van der Waals surface area contributed by atoms with Crippen LogP contribution in [-0.2, 0) is 9.59 Å². The number of carboxylic acids is 1. The van der Waals surface area contributed by atoms with Gasteiger partial charge < -0.3 is 10.4 Å². The number of amides is 1. The van der Waals surface area contributed by atoms with Crippen molar-refractivity contribution >= 4 is 11.9 Å². The van der Waals surface area contributed by atoms with Crippen LogP contribution in [0, 0.1) is 23.2 Å². The molecule has 0 unspecified atom stereocenters. The van der Waals surface area contributed by atoms with Crippen molar-refractivity contribution in [1.29, 1.82) is 0 Å². The molecule has 4 atom stereocenters. The number of fused-ring (bicyclic) bond motifs is 2. The summed E-state index contributed by atoms with van der Waals surface area (Å²) in [6, 6.07) is 0.310. The first kappa shape index (κ1) is 19.0. The fourth-order valence-electron chi connectivity index (χ4n) is 4.69. The third kappa shape index (κ3) is 4.40. The van der Waals surface area contributed by atoms with Crippen LogP contribution in [0.25, 0.3) is 0 Å². The third-order valence-corrected chi connectivity index (χ3v) is 6.28. The molecule has 136 valence electrons. The van der Waals surface area contributed by atoms with Crippen molar-refractivity contribution in [3.8, 4) is 0 Å². The predicted octanol–water partition coefficient (Wildman–Crippen LogP) is 4.15. The fraction of sp³-hybridized carbons (Fsp3) is 0.800. The molecule has 0 aromatic carbocycles. The highest BCUT2D eigenvalue weighted by Gasteiger charge is 2.57. The van der Waals surface area contributed by atoms with Crippen molar-refractivity contribution in [1.82, 2.24) is 5.32 Å². The van der Waals surface area contributed by atoms with E-state index in [-0.39, 0.29) is 12.3 Å². The topological polar surface area (TPSA) is 66.4 Å². The minimum atomic E-state index is -0.725. The maximum Gasteiger partial charge on any atom is 0.303 e. The number of carbonyl (C=O) groups excluding carboxylic acids is 1. The number of carbonyl (C=O) groups is 2. The predicted molar refractivity (Wildman–Crippen MR) is 95.6 cm³/mol. The Morgan fingerprint density at radius 3 is 2.58 bits per heavy atom. The van der Waals surface area contributed by atoms with Crippen LogP contribution < -0.4 is 5.32 Å². The highest BCUT2D eigenvalue weighted by atomic mass is 16.4. The smallest absolute Gasteiger partial charge is 0.303 e. The van der Waals surface area contributed by atoms with Gasteiger partial charge in [-0.25, -0.2) is 0 Å². The largest absolute Gasteiger partial charge is 0.481 e. The van der Waals surface area contributed by atoms with Crippen molar-refractivity contribution < 1.29 is 14.7 Å². The van der Waals surface area contributed by atoms with Crippen LogP contribution in [0.5, 0.6) is 0 Å². The van der Waals surface area contributed by atoms with Crippen LogP contribution in [0.4, 0.5) is 0 Å². The number of hydrogen-bond acceptors (Lipinski definition) is 2. The number of rotatable bonds is 9. The quantitative estimate of drug-likeness (QED) is 0.491. The van der Waals surface area contributed by atoms with E-state index >= 15 is 0 Å². The van der Waals surface area contributed by atoms with Crippen molar-refractivity contribution in [2.24, 2.45) is 23.2 Å². The van der Waals surface area contributed by atoms with Gasteiger partial charge in [0.25, 0.3) is 0 Å². The first-order valence-corrected chi connectivity index (χ1v) is 9.52. The zero-order valence-corrected chi connectivity index (χ0v) is 15.4. The number of unbranched alkanes of at least 4 members (excludes halogenated alkanes) is 1. The maximum atomic E-state index is 12.0. The Hall–Kier alpha value is -1.32. The van der Waals surface area contributed by atoms with E-state index in [1.165, 1.54) is 6.42 Å². The Balaban J connectivity index is 1.89. The number of allylic oxidation sites excluding steroid dienone is 2. The maximum absolute atomic E-state index is 12.0. The Kier molecular flexibility index (Phi) is 6.47. The minimum absolute atomic E-state index is 0.192. The molecular formula is C20H33NO3. The molecule has 4 heteroatoms. The number of hydrogen-bond donors (Lipinski definition) is 2. The highest BCUT2D eigenvalue weighted by Crippen LogP contribution is 2.62. The Labute approximate surface area is 146 Å². The lowest BCUT2D eigenvalue weighted by atomic mass is 9.44. The summed E-state index contributed by atoms with van der Waals surface area (Å²) in [5.41, 5.74) is 0.397. The molecule has 24 heavy (non-hydrogen) atoms. The molecule has 0 radical (unpaired) electrons. The summed E-state index contributed by atoms with van der Waals surface area (Å²) in [4.78, 5) is 22.6. The van der Waals surface area contributed by atoms with Crippen molar-refractivity contribution in [3.63, 3.8) is 0 Å². The van der Waals surface area contributed by atoms with Crippen LogP contribution in [-0.4, -0.2) is 23.0 Å². The average molecular weight is 335 g/mol.